The van der Waals surface area contributed by atoms with E-state index in [1.165, 1.54) is 11.6 Å². The summed E-state index contributed by atoms with van der Waals surface area (Å²) >= 11 is 0. The van der Waals surface area contributed by atoms with Gasteiger partial charge in [-0.2, -0.15) is 0 Å². The van der Waals surface area contributed by atoms with Crippen molar-refractivity contribution >= 4 is 11.5 Å². The molecule has 1 aromatic heterocycles. The van der Waals surface area contributed by atoms with Gasteiger partial charge in [0.1, 0.15) is 11.5 Å². The van der Waals surface area contributed by atoms with Crippen molar-refractivity contribution in [2.75, 3.05) is 17.6 Å². The van der Waals surface area contributed by atoms with Crippen LogP contribution in [0, 0.1) is 0 Å². The fraction of sp³-hybridized carbons (Fsp3) is 0.714. The number of nitrogens with one attached hydrogen (secondary N) is 1. The first kappa shape index (κ1) is 17.3. The molecule has 0 radical (unpaired) electrons. The van der Waals surface area contributed by atoms with Gasteiger partial charge in [-0.05, 0) is 19.8 Å². The number of aromatic nitrogens is 2. The molecule has 7 heteroatoms. The zero-order chi connectivity index (χ0) is 16.2. The molecule has 1 heterocycles. The number of hydrogen-bond donors (Lipinski definition) is 3. The molecular weight excluding hydrogens is 272 g/mol. The van der Waals surface area contributed by atoms with E-state index in [1.54, 1.807) is 6.92 Å². The van der Waals surface area contributed by atoms with Crippen LogP contribution in [0.1, 0.15) is 40.0 Å². The van der Waals surface area contributed by atoms with Crippen molar-refractivity contribution in [2.45, 2.75) is 52.2 Å². The smallest absolute Gasteiger partial charge is 0.332 e. The molecule has 1 rings (SSSR count). The highest BCUT2D eigenvalue weighted by molar-refractivity contribution is 5.60. The topological polar surface area (TPSA) is 102 Å². The summed E-state index contributed by atoms with van der Waals surface area (Å²) in [6.07, 6.45) is 2.17. The summed E-state index contributed by atoms with van der Waals surface area (Å²) in [5, 5.41) is 13.1. The van der Waals surface area contributed by atoms with Gasteiger partial charge >= 0.3 is 5.69 Å². The molecule has 120 valence electrons. The first-order chi connectivity index (χ1) is 9.75. The van der Waals surface area contributed by atoms with Gasteiger partial charge in [-0.15, -0.1) is 0 Å². The van der Waals surface area contributed by atoms with Crippen LogP contribution in [0.4, 0.5) is 11.5 Å². The number of nitrogens with zero attached hydrogens (tertiary/aromatic N) is 2. The summed E-state index contributed by atoms with van der Waals surface area (Å²) in [6, 6.07) is 0. The second-order valence-electron chi connectivity index (χ2n) is 5.66. The molecule has 1 aromatic rings. The minimum absolute atomic E-state index is 0.122. The number of anilines is 2. The maximum atomic E-state index is 12.2. The van der Waals surface area contributed by atoms with E-state index in [1.807, 2.05) is 13.8 Å². The second kappa shape index (κ2) is 6.80. The fourth-order valence-electron chi connectivity index (χ4n) is 2.29. The summed E-state index contributed by atoms with van der Waals surface area (Å²) < 4.78 is 2.40. The molecule has 7 nitrogen and oxygen atoms in total. The minimum atomic E-state index is -0.933. The molecule has 0 bridgehead atoms. The minimum Gasteiger partial charge on any atom is -0.388 e. The van der Waals surface area contributed by atoms with Crippen LogP contribution < -0.4 is 22.3 Å². The first-order valence-electron chi connectivity index (χ1n) is 7.30. The van der Waals surface area contributed by atoms with E-state index in [0.29, 0.717) is 13.0 Å². The molecule has 0 amide bonds. The Bertz CT molecular complexity index is 601. The van der Waals surface area contributed by atoms with Crippen molar-refractivity contribution in [1.82, 2.24) is 9.13 Å². The first-order valence-corrected chi connectivity index (χ1v) is 7.30. The highest BCUT2D eigenvalue weighted by Crippen LogP contribution is 2.16. The summed E-state index contributed by atoms with van der Waals surface area (Å²) in [6.45, 7) is 6.25. The Labute approximate surface area is 124 Å². The number of nitrogen functional groups attached to an aromatic ring is 1. The molecule has 0 spiro atoms. The Hall–Kier alpha value is -1.76. The SMILES string of the molecule is CCCn1c(N)c(NCC(C)(O)CCC)c(=O)n(C)c1=O. The molecule has 0 aromatic carbocycles. The van der Waals surface area contributed by atoms with Crippen LogP contribution in [0.5, 0.6) is 0 Å². The van der Waals surface area contributed by atoms with E-state index in [9.17, 15) is 14.7 Å². The average Bonchev–Trinajstić information content (AvgIpc) is 2.41. The number of aliphatic hydroxyl groups is 1. The normalized spacial score (nSPS) is 14.0. The lowest BCUT2D eigenvalue weighted by Crippen LogP contribution is -2.42. The van der Waals surface area contributed by atoms with Crippen molar-refractivity contribution in [1.29, 1.82) is 0 Å². The predicted molar refractivity (Wildman–Crippen MR) is 84.7 cm³/mol. The standard InChI is InChI=1S/C14H26N4O3/c1-5-7-14(3,21)9-16-10-11(15)18(8-6-2)13(20)17(4)12(10)19/h16,21H,5-9,15H2,1-4H3. The predicted octanol–water partition coefficient (Wildman–Crippen LogP) is 0.502. The third-order valence-corrected chi connectivity index (χ3v) is 3.47. The molecule has 21 heavy (non-hydrogen) atoms. The molecule has 1 unspecified atom stereocenters. The largest absolute Gasteiger partial charge is 0.388 e. The van der Waals surface area contributed by atoms with E-state index in [2.05, 4.69) is 5.32 Å². The Morgan fingerprint density at radius 3 is 2.43 bits per heavy atom. The maximum Gasteiger partial charge on any atom is 0.332 e. The van der Waals surface area contributed by atoms with Crippen molar-refractivity contribution in [2.24, 2.45) is 7.05 Å². The molecule has 0 fully saturated rings. The number of hydrogen-bond acceptors (Lipinski definition) is 5. The van der Waals surface area contributed by atoms with Gasteiger partial charge in [0, 0.05) is 20.1 Å². The molecule has 0 aliphatic heterocycles. The lowest BCUT2D eigenvalue weighted by Gasteiger charge is -2.24. The molecule has 4 N–H and O–H groups in total. The molecule has 0 saturated carbocycles. The van der Waals surface area contributed by atoms with Gasteiger partial charge in [0.2, 0.25) is 0 Å². The van der Waals surface area contributed by atoms with Crippen LogP contribution >= 0.6 is 0 Å². The van der Waals surface area contributed by atoms with Crippen LogP contribution in [-0.4, -0.2) is 26.4 Å². The van der Waals surface area contributed by atoms with E-state index < -0.39 is 16.9 Å². The molecule has 0 aliphatic carbocycles. The van der Waals surface area contributed by atoms with E-state index in [4.69, 9.17) is 5.73 Å². The highest BCUT2D eigenvalue weighted by atomic mass is 16.3. The zero-order valence-corrected chi connectivity index (χ0v) is 13.3. The van der Waals surface area contributed by atoms with Crippen LogP contribution in [0.15, 0.2) is 9.59 Å². The molecular formula is C14H26N4O3. The third-order valence-electron chi connectivity index (χ3n) is 3.47. The van der Waals surface area contributed by atoms with Crippen LogP contribution in [-0.2, 0) is 13.6 Å². The van der Waals surface area contributed by atoms with Crippen LogP contribution in [0.25, 0.3) is 0 Å². The van der Waals surface area contributed by atoms with Crippen molar-refractivity contribution < 1.29 is 5.11 Å². The Balaban J connectivity index is 3.19. The van der Waals surface area contributed by atoms with E-state index in [-0.39, 0.29) is 18.1 Å². The Morgan fingerprint density at radius 2 is 1.90 bits per heavy atom. The van der Waals surface area contributed by atoms with Crippen molar-refractivity contribution in [3.05, 3.63) is 20.8 Å². The fourth-order valence-corrected chi connectivity index (χ4v) is 2.29. The van der Waals surface area contributed by atoms with Crippen LogP contribution in [0.3, 0.4) is 0 Å². The molecule has 0 saturated heterocycles. The Kier molecular flexibility index (Phi) is 5.60. The van der Waals surface area contributed by atoms with Gasteiger partial charge in [-0.1, -0.05) is 20.3 Å². The maximum absolute atomic E-state index is 12.2. The summed E-state index contributed by atoms with van der Waals surface area (Å²) in [7, 11) is 1.42. The lowest BCUT2D eigenvalue weighted by atomic mass is 10.0. The number of rotatable bonds is 7. The summed E-state index contributed by atoms with van der Waals surface area (Å²) in [5.41, 5.74) is 4.28. The average molecular weight is 298 g/mol. The van der Waals surface area contributed by atoms with Gasteiger partial charge in [0.25, 0.3) is 5.56 Å². The highest BCUT2D eigenvalue weighted by Gasteiger charge is 2.21. The molecule has 0 aliphatic rings. The number of nitrogens with two attached hydrogens (primary N) is 1. The van der Waals surface area contributed by atoms with E-state index >= 15 is 0 Å². The van der Waals surface area contributed by atoms with Gasteiger partial charge in [-0.3, -0.25) is 13.9 Å². The third kappa shape index (κ3) is 3.87. The van der Waals surface area contributed by atoms with Crippen molar-refractivity contribution in [3.8, 4) is 0 Å². The lowest BCUT2D eigenvalue weighted by molar-refractivity contribution is 0.0636. The van der Waals surface area contributed by atoms with E-state index in [0.717, 1.165) is 17.4 Å². The second-order valence-corrected chi connectivity index (χ2v) is 5.66. The quantitative estimate of drug-likeness (QED) is 0.680. The van der Waals surface area contributed by atoms with Gasteiger partial charge < -0.3 is 16.2 Å². The summed E-state index contributed by atoms with van der Waals surface area (Å²) in [4.78, 5) is 24.2. The zero-order valence-electron chi connectivity index (χ0n) is 13.3. The monoisotopic (exact) mass is 298 g/mol. The van der Waals surface area contributed by atoms with Crippen LogP contribution in [0.2, 0.25) is 0 Å². The summed E-state index contributed by atoms with van der Waals surface area (Å²) in [5.74, 6) is 0.122. The van der Waals surface area contributed by atoms with Gasteiger partial charge in [0.15, 0.2) is 0 Å². The van der Waals surface area contributed by atoms with Gasteiger partial charge in [0.05, 0.1) is 5.60 Å². The van der Waals surface area contributed by atoms with Crippen molar-refractivity contribution in [3.63, 3.8) is 0 Å². The Morgan fingerprint density at radius 1 is 1.29 bits per heavy atom. The van der Waals surface area contributed by atoms with Gasteiger partial charge in [-0.25, -0.2) is 4.79 Å². The molecule has 1 atom stereocenters.